The Morgan fingerprint density at radius 2 is 1.60 bits per heavy atom. The van der Waals surface area contributed by atoms with E-state index in [9.17, 15) is 19.2 Å². The Morgan fingerprint density at radius 3 is 2.20 bits per heavy atom. The van der Waals surface area contributed by atoms with Crippen LogP contribution in [0.1, 0.15) is 18.5 Å². The van der Waals surface area contributed by atoms with E-state index in [1.807, 2.05) is 0 Å². The van der Waals surface area contributed by atoms with E-state index >= 15 is 0 Å². The summed E-state index contributed by atoms with van der Waals surface area (Å²) in [7, 11) is 0. The average molecular weight is 414 g/mol. The Balaban J connectivity index is 1.86. The van der Waals surface area contributed by atoms with Crippen LogP contribution in [0.25, 0.3) is 0 Å². The zero-order valence-electron chi connectivity index (χ0n) is 16.5. The van der Waals surface area contributed by atoms with E-state index in [0.717, 1.165) is 19.3 Å². The van der Waals surface area contributed by atoms with Crippen molar-refractivity contribution < 1.29 is 14.3 Å². The third-order valence-corrected chi connectivity index (χ3v) is 4.58. The molecule has 3 rings (SSSR count). The number of aromatic nitrogens is 3. The Labute approximate surface area is 171 Å². The van der Waals surface area contributed by atoms with Gasteiger partial charge in [-0.15, -0.1) is 13.2 Å². The summed E-state index contributed by atoms with van der Waals surface area (Å²) >= 11 is 0. The first-order chi connectivity index (χ1) is 14.4. The Hall–Kier alpha value is -3.82. The fourth-order valence-electron chi connectivity index (χ4n) is 3.08. The number of hydrogen-bond acceptors (Lipinski definition) is 6. The number of carbonyl (C=O) groups is 1. The molecule has 30 heavy (non-hydrogen) atoms. The number of amides is 1. The van der Waals surface area contributed by atoms with Crippen LogP contribution >= 0.6 is 0 Å². The van der Waals surface area contributed by atoms with Crippen molar-refractivity contribution in [1.29, 1.82) is 0 Å². The van der Waals surface area contributed by atoms with Crippen molar-refractivity contribution in [2.75, 3.05) is 6.79 Å². The van der Waals surface area contributed by atoms with Crippen molar-refractivity contribution in [2.24, 2.45) is 0 Å². The Morgan fingerprint density at radius 1 is 1.03 bits per heavy atom. The summed E-state index contributed by atoms with van der Waals surface area (Å²) in [4.78, 5) is 50.1. The van der Waals surface area contributed by atoms with Gasteiger partial charge < -0.3 is 14.8 Å². The van der Waals surface area contributed by atoms with E-state index in [1.54, 1.807) is 25.1 Å². The van der Waals surface area contributed by atoms with Crippen LogP contribution < -0.4 is 31.9 Å². The maximum Gasteiger partial charge on any atom is 0.337 e. The smallest absolute Gasteiger partial charge is 0.337 e. The summed E-state index contributed by atoms with van der Waals surface area (Å²) in [6.45, 7) is 8.19. The fraction of sp³-hybridized carbons (Fsp3) is 0.300. The van der Waals surface area contributed by atoms with Crippen LogP contribution in [0.3, 0.4) is 0 Å². The molecule has 0 spiro atoms. The lowest BCUT2D eigenvalue weighted by Crippen LogP contribution is -2.55. The highest BCUT2D eigenvalue weighted by molar-refractivity contribution is 5.76. The minimum atomic E-state index is -0.879. The number of ether oxygens (including phenoxy) is 2. The molecule has 1 amide bonds. The SMILES string of the molecule is C=CCn1c(=O)n(CC=C)c(=O)n(CC(=O)N[C@@H](C)c2ccc3c(c2)OCO3)c1=O. The minimum absolute atomic E-state index is 0.0929. The summed E-state index contributed by atoms with van der Waals surface area (Å²) in [6.07, 6.45) is 2.72. The molecule has 0 radical (unpaired) electrons. The van der Waals surface area contributed by atoms with Crippen molar-refractivity contribution in [3.8, 4) is 11.5 Å². The van der Waals surface area contributed by atoms with Crippen molar-refractivity contribution in [3.63, 3.8) is 0 Å². The van der Waals surface area contributed by atoms with Gasteiger partial charge in [-0.25, -0.2) is 28.1 Å². The first kappa shape index (κ1) is 20.9. The molecule has 2 aromatic rings. The monoisotopic (exact) mass is 414 g/mol. The minimum Gasteiger partial charge on any atom is -0.454 e. The third kappa shape index (κ3) is 3.97. The maximum absolute atomic E-state index is 12.6. The van der Waals surface area contributed by atoms with E-state index in [1.165, 1.54) is 12.2 Å². The normalized spacial score (nSPS) is 13.0. The molecular weight excluding hydrogens is 392 g/mol. The average Bonchev–Trinajstić information content (AvgIpc) is 3.19. The van der Waals surface area contributed by atoms with Crippen LogP contribution in [0, 0.1) is 0 Å². The van der Waals surface area contributed by atoms with Gasteiger partial charge in [0.1, 0.15) is 6.54 Å². The summed E-state index contributed by atoms with van der Waals surface area (Å²) in [5.74, 6) is 0.637. The van der Waals surface area contributed by atoms with Gasteiger partial charge in [-0.2, -0.15) is 0 Å². The standard InChI is InChI=1S/C20H22N4O6/c1-4-8-22-18(26)23(9-5-2)20(28)24(19(22)27)11-17(25)21-13(3)14-6-7-15-16(10-14)30-12-29-15/h4-7,10,13H,1-2,8-9,11-12H2,3H3,(H,21,25)/t13-/m0/s1. The summed E-state index contributed by atoms with van der Waals surface area (Å²) in [5, 5.41) is 2.74. The van der Waals surface area contributed by atoms with E-state index in [4.69, 9.17) is 9.47 Å². The van der Waals surface area contributed by atoms with Gasteiger partial charge in [0.2, 0.25) is 12.7 Å². The zero-order chi connectivity index (χ0) is 21.8. The van der Waals surface area contributed by atoms with Crippen LogP contribution in [0.2, 0.25) is 0 Å². The van der Waals surface area contributed by atoms with E-state index < -0.39 is 35.6 Å². The topological polar surface area (TPSA) is 114 Å². The molecule has 1 N–H and O–H groups in total. The van der Waals surface area contributed by atoms with Gasteiger partial charge >= 0.3 is 17.1 Å². The van der Waals surface area contributed by atoms with Gasteiger partial charge in [0, 0.05) is 0 Å². The number of allylic oxidation sites excluding steroid dienone is 2. The van der Waals surface area contributed by atoms with E-state index in [2.05, 4.69) is 18.5 Å². The lowest BCUT2D eigenvalue weighted by Gasteiger charge is -2.16. The number of fused-ring (bicyclic) bond motifs is 1. The van der Waals surface area contributed by atoms with Crippen LogP contribution in [-0.2, 0) is 24.4 Å². The maximum atomic E-state index is 12.6. The van der Waals surface area contributed by atoms with Gasteiger partial charge in [-0.3, -0.25) is 4.79 Å². The molecule has 10 nitrogen and oxygen atoms in total. The highest BCUT2D eigenvalue weighted by Gasteiger charge is 2.19. The highest BCUT2D eigenvalue weighted by atomic mass is 16.7. The number of benzene rings is 1. The second-order valence-corrected chi connectivity index (χ2v) is 6.63. The zero-order valence-corrected chi connectivity index (χ0v) is 16.5. The summed E-state index contributed by atoms with van der Waals surface area (Å²) in [5.41, 5.74) is -1.77. The molecule has 10 heteroatoms. The quantitative estimate of drug-likeness (QED) is 0.615. The molecule has 0 bridgehead atoms. The van der Waals surface area contributed by atoms with Crippen LogP contribution in [0.4, 0.5) is 0 Å². The van der Waals surface area contributed by atoms with Gasteiger partial charge in [0.15, 0.2) is 11.5 Å². The molecule has 1 aromatic carbocycles. The van der Waals surface area contributed by atoms with Crippen molar-refractivity contribution >= 4 is 5.91 Å². The van der Waals surface area contributed by atoms with Crippen LogP contribution in [0.15, 0.2) is 57.9 Å². The van der Waals surface area contributed by atoms with E-state index in [-0.39, 0.29) is 19.9 Å². The predicted molar refractivity (Wildman–Crippen MR) is 109 cm³/mol. The molecule has 2 heterocycles. The number of carbonyl (C=O) groups excluding carboxylic acids is 1. The molecule has 0 saturated heterocycles. The van der Waals surface area contributed by atoms with Crippen molar-refractivity contribution in [3.05, 3.63) is 80.5 Å². The van der Waals surface area contributed by atoms with Gasteiger partial charge in [0.25, 0.3) is 0 Å². The first-order valence-corrected chi connectivity index (χ1v) is 9.22. The molecule has 158 valence electrons. The van der Waals surface area contributed by atoms with E-state index in [0.29, 0.717) is 11.5 Å². The summed E-state index contributed by atoms with van der Waals surface area (Å²) < 4.78 is 13.0. The molecule has 0 aliphatic carbocycles. The predicted octanol–water partition coefficient (Wildman–Crippen LogP) is 0.150. The molecule has 1 aromatic heterocycles. The number of rotatable bonds is 8. The second kappa shape index (κ2) is 8.68. The lowest BCUT2D eigenvalue weighted by atomic mass is 10.1. The molecule has 1 aliphatic heterocycles. The Bertz CT molecular complexity index is 1130. The number of nitrogens with one attached hydrogen (secondary N) is 1. The van der Waals surface area contributed by atoms with Gasteiger partial charge in [-0.05, 0) is 24.6 Å². The molecule has 0 unspecified atom stereocenters. The largest absolute Gasteiger partial charge is 0.454 e. The molecule has 1 atom stereocenters. The summed E-state index contributed by atoms with van der Waals surface area (Å²) in [6, 6.07) is 4.86. The van der Waals surface area contributed by atoms with Gasteiger partial charge in [-0.1, -0.05) is 18.2 Å². The van der Waals surface area contributed by atoms with Crippen LogP contribution in [0.5, 0.6) is 11.5 Å². The lowest BCUT2D eigenvalue weighted by molar-refractivity contribution is -0.122. The fourth-order valence-corrected chi connectivity index (χ4v) is 3.08. The number of hydrogen-bond donors (Lipinski definition) is 1. The van der Waals surface area contributed by atoms with Crippen molar-refractivity contribution in [2.45, 2.75) is 32.6 Å². The second-order valence-electron chi connectivity index (χ2n) is 6.63. The highest BCUT2D eigenvalue weighted by Crippen LogP contribution is 2.34. The third-order valence-electron chi connectivity index (χ3n) is 4.58. The van der Waals surface area contributed by atoms with Gasteiger partial charge in [0.05, 0.1) is 19.1 Å². The first-order valence-electron chi connectivity index (χ1n) is 9.22. The molecule has 1 aliphatic rings. The molecule has 0 fully saturated rings. The molecule has 0 saturated carbocycles. The van der Waals surface area contributed by atoms with Crippen molar-refractivity contribution in [1.82, 2.24) is 19.0 Å². The van der Waals surface area contributed by atoms with Crippen LogP contribution in [-0.4, -0.2) is 26.4 Å². The Kier molecular flexibility index (Phi) is 6.05. The number of nitrogens with zero attached hydrogens (tertiary/aromatic N) is 3. The molecular formula is C20H22N4O6.